The average molecular weight is 736 g/mol. The SMILES string of the molecule is CN1CC(Nc2cnn(C)c(=O)c2Cl)CC(c2ccc(C(=O)N3CCC4(CC3)CCN(c3cc(F)c(C5CCC(=O)NC5=O)cc3F)CC4)cc2)C1. The van der Waals surface area contributed by atoms with Crippen LogP contribution in [0.1, 0.15) is 78.3 Å². The molecule has 4 saturated heterocycles. The molecule has 11 nitrogen and oxygen atoms in total. The number of imide groups is 1. The number of hydrogen-bond acceptors (Lipinski definition) is 8. The number of halogens is 3. The number of benzene rings is 2. The van der Waals surface area contributed by atoms with Crippen molar-refractivity contribution in [3.05, 3.63) is 86.3 Å². The molecule has 4 fully saturated rings. The molecule has 0 saturated carbocycles. The minimum Gasteiger partial charge on any atom is -0.378 e. The number of aryl methyl sites for hydroxylation is 1. The third-order valence-corrected chi connectivity index (χ3v) is 12.0. The van der Waals surface area contributed by atoms with E-state index >= 15 is 8.78 Å². The Bertz CT molecular complexity index is 1920. The van der Waals surface area contributed by atoms with Gasteiger partial charge >= 0.3 is 0 Å². The molecule has 14 heteroatoms. The van der Waals surface area contributed by atoms with Crippen LogP contribution >= 0.6 is 11.6 Å². The van der Waals surface area contributed by atoms with Crippen LogP contribution < -0.4 is 21.1 Å². The van der Waals surface area contributed by atoms with Gasteiger partial charge in [0.2, 0.25) is 11.8 Å². The van der Waals surface area contributed by atoms with Crippen LogP contribution in [0.2, 0.25) is 5.02 Å². The van der Waals surface area contributed by atoms with E-state index in [9.17, 15) is 19.2 Å². The number of rotatable bonds is 6. The highest BCUT2D eigenvalue weighted by molar-refractivity contribution is 6.32. The number of likely N-dealkylation sites (N-methyl/N-ethyl adjacent to an activating group) is 1. The van der Waals surface area contributed by atoms with Crippen LogP contribution in [0, 0.1) is 17.0 Å². The van der Waals surface area contributed by atoms with Gasteiger partial charge < -0.3 is 20.0 Å². The lowest BCUT2D eigenvalue weighted by Gasteiger charge is -2.47. The highest BCUT2D eigenvalue weighted by Gasteiger charge is 2.40. The number of piperidine rings is 4. The van der Waals surface area contributed by atoms with E-state index in [1.807, 2.05) is 34.1 Å². The lowest BCUT2D eigenvalue weighted by atomic mass is 9.71. The molecule has 276 valence electrons. The van der Waals surface area contributed by atoms with Gasteiger partial charge in [-0.1, -0.05) is 23.7 Å². The monoisotopic (exact) mass is 735 g/mol. The standard InChI is InChI=1S/C38H44ClF2N7O4/c1-45-21-25(17-26(22-45)43-31-20-42-46(2)37(52)34(31)39)23-3-5-24(6-4-23)36(51)48-15-11-38(12-16-48)9-13-47(14-10-38)32-19-29(40)28(18-30(32)41)27-7-8-33(49)44-35(27)50/h3-6,18-20,25-27,43H,7-17,21-22H2,1-2H3,(H,44,49,50). The topological polar surface area (TPSA) is 120 Å². The molecule has 1 aromatic heterocycles. The van der Waals surface area contributed by atoms with Crippen molar-refractivity contribution in [1.82, 2.24) is 24.9 Å². The summed E-state index contributed by atoms with van der Waals surface area (Å²) in [6.07, 6.45) is 6.00. The van der Waals surface area contributed by atoms with Crippen LogP contribution in [0.15, 0.2) is 47.4 Å². The summed E-state index contributed by atoms with van der Waals surface area (Å²) in [4.78, 5) is 55.6. The Morgan fingerprint density at radius 3 is 2.35 bits per heavy atom. The molecule has 4 aliphatic rings. The van der Waals surface area contributed by atoms with Crippen LogP contribution in [0.25, 0.3) is 0 Å². The molecule has 5 heterocycles. The molecular weight excluding hydrogens is 692 g/mol. The van der Waals surface area contributed by atoms with Crippen molar-refractivity contribution < 1.29 is 23.2 Å². The fourth-order valence-corrected chi connectivity index (χ4v) is 8.76. The number of carbonyl (C=O) groups excluding carboxylic acids is 3. The molecule has 4 aliphatic heterocycles. The van der Waals surface area contributed by atoms with E-state index < -0.39 is 29.4 Å². The second kappa shape index (κ2) is 14.6. The predicted octanol–water partition coefficient (Wildman–Crippen LogP) is 4.65. The Morgan fingerprint density at radius 1 is 0.962 bits per heavy atom. The molecule has 3 amide bonds. The summed E-state index contributed by atoms with van der Waals surface area (Å²) in [6, 6.07) is 10.3. The molecule has 0 radical (unpaired) electrons. The Morgan fingerprint density at radius 2 is 1.65 bits per heavy atom. The van der Waals surface area contributed by atoms with Crippen LogP contribution in [0.5, 0.6) is 0 Å². The maximum absolute atomic E-state index is 15.3. The number of amides is 3. The third kappa shape index (κ3) is 7.30. The van der Waals surface area contributed by atoms with Gasteiger partial charge in [0, 0.05) is 76.0 Å². The Labute approximate surface area is 306 Å². The van der Waals surface area contributed by atoms with Gasteiger partial charge in [-0.25, -0.2) is 13.5 Å². The van der Waals surface area contributed by atoms with Crippen LogP contribution in [0.4, 0.5) is 20.2 Å². The summed E-state index contributed by atoms with van der Waals surface area (Å²) < 4.78 is 31.7. The fourth-order valence-electron chi connectivity index (χ4n) is 8.53. The normalized spacial score (nSPS) is 23.8. The molecule has 3 aromatic rings. The van der Waals surface area contributed by atoms with Crippen molar-refractivity contribution in [1.29, 1.82) is 0 Å². The number of anilines is 2. The van der Waals surface area contributed by atoms with Gasteiger partial charge in [-0.2, -0.15) is 5.10 Å². The quantitative estimate of drug-likeness (QED) is 0.352. The lowest BCUT2D eigenvalue weighted by Crippen LogP contribution is -2.48. The van der Waals surface area contributed by atoms with E-state index in [1.165, 1.54) is 10.7 Å². The van der Waals surface area contributed by atoms with Crippen LogP contribution in [-0.2, 0) is 16.6 Å². The zero-order valence-corrected chi connectivity index (χ0v) is 30.2. The van der Waals surface area contributed by atoms with Gasteiger partial charge in [-0.3, -0.25) is 24.5 Å². The van der Waals surface area contributed by atoms with E-state index in [2.05, 4.69) is 27.7 Å². The van der Waals surface area contributed by atoms with Crippen LogP contribution in [0.3, 0.4) is 0 Å². The number of carbonyl (C=O) groups is 3. The first kappa shape index (κ1) is 36.0. The van der Waals surface area contributed by atoms with E-state index in [0.29, 0.717) is 37.4 Å². The van der Waals surface area contributed by atoms with Gasteiger partial charge in [0.25, 0.3) is 11.5 Å². The molecular formula is C38H44ClF2N7O4. The summed E-state index contributed by atoms with van der Waals surface area (Å²) >= 11 is 6.30. The summed E-state index contributed by atoms with van der Waals surface area (Å²) in [5.74, 6) is -2.85. The molecule has 52 heavy (non-hydrogen) atoms. The summed E-state index contributed by atoms with van der Waals surface area (Å²) in [7, 11) is 3.63. The van der Waals surface area contributed by atoms with Crippen molar-refractivity contribution >= 4 is 40.7 Å². The smallest absolute Gasteiger partial charge is 0.287 e. The molecule has 2 aromatic carbocycles. The van der Waals surface area contributed by atoms with Gasteiger partial charge in [-0.15, -0.1) is 0 Å². The number of aromatic nitrogens is 2. The maximum atomic E-state index is 15.3. The number of hydrogen-bond donors (Lipinski definition) is 2. The maximum Gasteiger partial charge on any atom is 0.287 e. The van der Waals surface area contributed by atoms with E-state index in [-0.39, 0.29) is 58.0 Å². The van der Waals surface area contributed by atoms with Crippen LogP contribution in [-0.4, -0.2) is 89.7 Å². The minimum atomic E-state index is -0.885. The molecule has 1 spiro atoms. The van der Waals surface area contributed by atoms with Crippen molar-refractivity contribution in [3.8, 4) is 0 Å². The predicted molar refractivity (Wildman–Crippen MR) is 194 cm³/mol. The van der Waals surface area contributed by atoms with Crippen molar-refractivity contribution in [2.45, 2.75) is 62.8 Å². The van der Waals surface area contributed by atoms with Gasteiger partial charge in [0.1, 0.15) is 16.7 Å². The zero-order chi connectivity index (χ0) is 36.7. The second-order valence-corrected chi connectivity index (χ2v) is 15.4. The first-order valence-electron chi connectivity index (χ1n) is 18.0. The number of nitrogens with one attached hydrogen (secondary N) is 2. The highest BCUT2D eigenvalue weighted by Crippen LogP contribution is 2.43. The molecule has 0 bridgehead atoms. The van der Waals surface area contributed by atoms with Gasteiger partial charge in [0.15, 0.2) is 0 Å². The molecule has 7 rings (SSSR count). The van der Waals surface area contributed by atoms with E-state index in [0.717, 1.165) is 56.8 Å². The van der Waals surface area contributed by atoms with E-state index in [1.54, 1.807) is 13.2 Å². The summed E-state index contributed by atoms with van der Waals surface area (Å²) in [6.45, 7) is 4.10. The van der Waals surface area contributed by atoms with E-state index in [4.69, 9.17) is 11.6 Å². The Hall–Kier alpha value is -4.36. The summed E-state index contributed by atoms with van der Waals surface area (Å²) in [5.41, 5.74) is 2.21. The van der Waals surface area contributed by atoms with Crippen molar-refractivity contribution in [2.75, 3.05) is 56.5 Å². The molecule has 3 atom stereocenters. The van der Waals surface area contributed by atoms with Crippen molar-refractivity contribution in [3.63, 3.8) is 0 Å². The Balaban J connectivity index is 0.923. The first-order chi connectivity index (χ1) is 24.9. The van der Waals surface area contributed by atoms with Gasteiger partial charge in [-0.05, 0) is 80.7 Å². The molecule has 2 N–H and O–H groups in total. The average Bonchev–Trinajstić information content (AvgIpc) is 3.13. The second-order valence-electron chi connectivity index (χ2n) is 15.0. The zero-order valence-electron chi connectivity index (χ0n) is 29.5. The summed E-state index contributed by atoms with van der Waals surface area (Å²) in [5, 5.41) is 9.85. The first-order valence-corrected chi connectivity index (χ1v) is 18.4. The fraction of sp³-hybridized carbons (Fsp3) is 0.500. The highest BCUT2D eigenvalue weighted by atomic mass is 35.5. The van der Waals surface area contributed by atoms with Gasteiger partial charge in [0.05, 0.1) is 23.5 Å². The van der Waals surface area contributed by atoms with Crippen molar-refractivity contribution in [2.24, 2.45) is 12.5 Å². The third-order valence-electron chi connectivity index (χ3n) is 11.7. The number of nitrogens with zero attached hydrogens (tertiary/aromatic N) is 5. The molecule has 0 aliphatic carbocycles. The molecule has 3 unspecified atom stereocenters. The largest absolute Gasteiger partial charge is 0.378 e. The number of likely N-dealkylation sites (tertiary alicyclic amines) is 2. The lowest BCUT2D eigenvalue weighted by molar-refractivity contribution is -0.134. The minimum absolute atomic E-state index is 0.0144. The Kier molecular flexibility index (Phi) is 10.1.